The summed E-state index contributed by atoms with van der Waals surface area (Å²) in [4.78, 5) is 0. The highest BCUT2D eigenvalue weighted by atomic mass is 31.1. The zero-order chi connectivity index (χ0) is 8.48. The van der Waals surface area contributed by atoms with Gasteiger partial charge >= 0.3 is 0 Å². The van der Waals surface area contributed by atoms with E-state index in [2.05, 4.69) is 26.8 Å². The standard InChI is InChI=1S/C9H15OP/c1-7-6-9(2,3)5-4-8(7)11-10/h4-5H,6,11H2,1-3H3. The number of hydrogen-bond acceptors (Lipinski definition) is 1. The second-order valence-electron chi connectivity index (χ2n) is 3.85. The van der Waals surface area contributed by atoms with Crippen LogP contribution in [0.15, 0.2) is 23.0 Å². The fourth-order valence-corrected chi connectivity index (χ4v) is 1.92. The molecule has 0 aromatic carbocycles. The Morgan fingerprint density at radius 3 is 2.64 bits per heavy atom. The molecule has 1 unspecified atom stereocenters. The van der Waals surface area contributed by atoms with E-state index in [0.717, 1.165) is 11.7 Å². The van der Waals surface area contributed by atoms with Gasteiger partial charge in [-0.1, -0.05) is 31.6 Å². The van der Waals surface area contributed by atoms with Crippen LogP contribution in [-0.2, 0) is 4.57 Å². The molecule has 11 heavy (non-hydrogen) atoms. The minimum absolute atomic E-state index is 0.266. The summed E-state index contributed by atoms with van der Waals surface area (Å²) in [5, 5.41) is 1.06. The van der Waals surface area contributed by atoms with Crippen molar-refractivity contribution >= 4 is 8.46 Å². The molecule has 0 aromatic rings. The van der Waals surface area contributed by atoms with Gasteiger partial charge in [0.1, 0.15) is 0 Å². The summed E-state index contributed by atoms with van der Waals surface area (Å²) < 4.78 is 10.7. The molecule has 0 amide bonds. The lowest BCUT2D eigenvalue weighted by Crippen LogP contribution is -2.11. The Morgan fingerprint density at radius 1 is 1.55 bits per heavy atom. The van der Waals surface area contributed by atoms with E-state index in [9.17, 15) is 4.57 Å². The zero-order valence-corrected chi connectivity index (χ0v) is 8.50. The van der Waals surface area contributed by atoms with Crippen LogP contribution in [0.2, 0.25) is 0 Å². The predicted octanol–water partition coefficient (Wildman–Crippen LogP) is 3.00. The van der Waals surface area contributed by atoms with Gasteiger partial charge in [0.05, 0.1) is 8.46 Å². The van der Waals surface area contributed by atoms with E-state index < -0.39 is 8.46 Å². The van der Waals surface area contributed by atoms with Gasteiger partial charge in [0.25, 0.3) is 0 Å². The van der Waals surface area contributed by atoms with Crippen molar-refractivity contribution in [3.05, 3.63) is 23.0 Å². The molecule has 2 heteroatoms. The molecule has 1 aliphatic rings. The first-order valence-electron chi connectivity index (χ1n) is 3.89. The van der Waals surface area contributed by atoms with E-state index >= 15 is 0 Å². The average Bonchev–Trinajstić information content (AvgIpc) is 1.86. The van der Waals surface area contributed by atoms with Gasteiger partial charge < -0.3 is 4.57 Å². The summed E-state index contributed by atoms with van der Waals surface area (Å²) >= 11 is 0. The molecule has 1 rings (SSSR count). The van der Waals surface area contributed by atoms with Crippen molar-refractivity contribution in [3.63, 3.8) is 0 Å². The topological polar surface area (TPSA) is 17.1 Å². The lowest BCUT2D eigenvalue weighted by molar-refractivity contribution is 0.469. The molecule has 1 aliphatic carbocycles. The van der Waals surface area contributed by atoms with Crippen molar-refractivity contribution in [3.8, 4) is 0 Å². The maximum absolute atomic E-state index is 10.7. The predicted molar refractivity (Wildman–Crippen MR) is 50.6 cm³/mol. The molecule has 0 heterocycles. The smallest absolute Gasteiger partial charge is 0.0920 e. The first-order valence-corrected chi connectivity index (χ1v) is 4.94. The summed E-state index contributed by atoms with van der Waals surface area (Å²) in [5.74, 6) is 0. The summed E-state index contributed by atoms with van der Waals surface area (Å²) in [7, 11) is -0.739. The van der Waals surface area contributed by atoms with Crippen molar-refractivity contribution < 1.29 is 4.57 Å². The minimum atomic E-state index is -0.739. The molecule has 0 fully saturated rings. The largest absolute Gasteiger partial charge is 0.325 e. The van der Waals surface area contributed by atoms with Crippen LogP contribution in [-0.4, -0.2) is 0 Å². The van der Waals surface area contributed by atoms with Gasteiger partial charge in [0.15, 0.2) is 0 Å². The lowest BCUT2D eigenvalue weighted by atomic mass is 9.82. The fourth-order valence-electron chi connectivity index (χ4n) is 1.44. The highest BCUT2D eigenvalue weighted by Gasteiger charge is 2.19. The molecule has 0 N–H and O–H groups in total. The van der Waals surface area contributed by atoms with Crippen LogP contribution in [0, 0.1) is 5.41 Å². The highest BCUT2D eigenvalue weighted by molar-refractivity contribution is 7.29. The molecule has 0 radical (unpaired) electrons. The Balaban J connectivity index is 2.91. The van der Waals surface area contributed by atoms with Crippen molar-refractivity contribution in [1.82, 2.24) is 0 Å². The second-order valence-corrected chi connectivity index (χ2v) is 4.71. The van der Waals surface area contributed by atoms with Gasteiger partial charge in [-0.25, -0.2) is 0 Å². The molecule has 1 nitrogen and oxygen atoms in total. The van der Waals surface area contributed by atoms with Gasteiger partial charge in [0.2, 0.25) is 0 Å². The van der Waals surface area contributed by atoms with Crippen LogP contribution in [0.5, 0.6) is 0 Å². The highest BCUT2D eigenvalue weighted by Crippen LogP contribution is 2.36. The normalized spacial score (nSPS) is 23.5. The molecule has 0 saturated heterocycles. The van der Waals surface area contributed by atoms with Gasteiger partial charge in [-0.3, -0.25) is 0 Å². The summed E-state index contributed by atoms with van der Waals surface area (Å²) in [6, 6.07) is 0. The van der Waals surface area contributed by atoms with Crippen LogP contribution in [0.1, 0.15) is 27.2 Å². The van der Waals surface area contributed by atoms with E-state index in [1.54, 1.807) is 0 Å². The molecule has 0 spiro atoms. The van der Waals surface area contributed by atoms with Crippen LogP contribution in [0.4, 0.5) is 0 Å². The third-order valence-corrected chi connectivity index (χ3v) is 2.99. The zero-order valence-electron chi connectivity index (χ0n) is 7.35. The summed E-state index contributed by atoms with van der Waals surface area (Å²) in [6.07, 6.45) is 5.22. The third kappa shape index (κ3) is 2.07. The fraction of sp³-hybridized carbons (Fsp3) is 0.556. The van der Waals surface area contributed by atoms with Crippen LogP contribution >= 0.6 is 8.46 Å². The van der Waals surface area contributed by atoms with E-state index in [1.165, 1.54) is 5.57 Å². The van der Waals surface area contributed by atoms with Crippen molar-refractivity contribution in [1.29, 1.82) is 0 Å². The Labute approximate surface area is 69.4 Å². The molecule has 62 valence electrons. The Kier molecular flexibility index (Phi) is 2.39. The molecule has 0 aliphatic heterocycles. The van der Waals surface area contributed by atoms with Crippen LogP contribution in [0.3, 0.4) is 0 Å². The molecular weight excluding hydrogens is 155 g/mol. The average molecular weight is 170 g/mol. The van der Waals surface area contributed by atoms with E-state index in [-0.39, 0.29) is 5.41 Å². The van der Waals surface area contributed by atoms with Gasteiger partial charge in [-0.15, -0.1) is 0 Å². The third-order valence-electron chi connectivity index (χ3n) is 2.05. The van der Waals surface area contributed by atoms with E-state index in [1.807, 2.05) is 6.08 Å². The van der Waals surface area contributed by atoms with Crippen LogP contribution in [0.25, 0.3) is 0 Å². The van der Waals surface area contributed by atoms with E-state index in [0.29, 0.717) is 0 Å². The van der Waals surface area contributed by atoms with Gasteiger partial charge in [-0.05, 0) is 18.8 Å². The monoisotopic (exact) mass is 170 g/mol. The lowest BCUT2D eigenvalue weighted by Gasteiger charge is -2.25. The quantitative estimate of drug-likeness (QED) is 0.553. The first kappa shape index (κ1) is 8.80. The summed E-state index contributed by atoms with van der Waals surface area (Å²) in [5.41, 5.74) is 1.56. The number of hydrogen-bond donors (Lipinski definition) is 0. The first-order chi connectivity index (χ1) is 5.05. The van der Waals surface area contributed by atoms with Gasteiger partial charge in [-0.2, -0.15) is 0 Å². The number of rotatable bonds is 1. The molecule has 0 saturated carbocycles. The molecular formula is C9H15OP. The minimum Gasteiger partial charge on any atom is -0.325 e. The Hall–Kier alpha value is -0.290. The van der Waals surface area contributed by atoms with Gasteiger partial charge in [0, 0.05) is 5.31 Å². The second kappa shape index (κ2) is 2.98. The summed E-state index contributed by atoms with van der Waals surface area (Å²) in [6.45, 7) is 6.47. The molecule has 1 atom stereocenters. The molecule has 0 bridgehead atoms. The van der Waals surface area contributed by atoms with E-state index in [4.69, 9.17) is 0 Å². The Bertz CT molecular complexity index is 236. The van der Waals surface area contributed by atoms with Crippen molar-refractivity contribution in [2.24, 2.45) is 5.41 Å². The molecule has 0 aromatic heterocycles. The van der Waals surface area contributed by atoms with Crippen molar-refractivity contribution in [2.45, 2.75) is 27.2 Å². The van der Waals surface area contributed by atoms with Crippen LogP contribution < -0.4 is 0 Å². The maximum Gasteiger partial charge on any atom is 0.0920 e. The maximum atomic E-state index is 10.7. The SMILES string of the molecule is CC1=C([PH2]=O)C=CC(C)(C)C1. The Morgan fingerprint density at radius 2 is 2.18 bits per heavy atom. The number of allylic oxidation sites excluding steroid dienone is 4. The van der Waals surface area contributed by atoms with Crippen molar-refractivity contribution in [2.75, 3.05) is 0 Å².